The summed E-state index contributed by atoms with van der Waals surface area (Å²) in [6, 6.07) is 10.2. The van der Waals surface area contributed by atoms with Crippen LogP contribution in [0.25, 0.3) is 0 Å². The number of hydrogen-bond acceptors (Lipinski definition) is 4. The quantitative estimate of drug-likeness (QED) is 0.819. The second-order valence-electron chi connectivity index (χ2n) is 5.43. The fourth-order valence-electron chi connectivity index (χ4n) is 2.26. The van der Waals surface area contributed by atoms with E-state index in [4.69, 9.17) is 9.47 Å². The summed E-state index contributed by atoms with van der Waals surface area (Å²) in [4.78, 5) is 0. The molecule has 0 spiro atoms. The lowest BCUT2D eigenvalue weighted by Crippen LogP contribution is -2.36. The van der Waals surface area contributed by atoms with Gasteiger partial charge in [-0.25, -0.2) is 0 Å². The van der Waals surface area contributed by atoms with Crippen molar-refractivity contribution in [3.8, 4) is 0 Å². The van der Waals surface area contributed by atoms with Crippen LogP contribution in [0.4, 0.5) is 0 Å². The molecule has 1 aromatic carbocycles. The van der Waals surface area contributed by atoms with Gasteiger partial charge in [-0.3, -0.25) is 0 Å². The molecule has 1 aliphatic rings. The van der Waals surface area contributed by atoms with Gasteiger partial charge in [-0.1, -0.05) is 30.3 Å². The van der Waals surface area contributed by atoms with Crippen molar-refractivity contribution in [1.82, 2.24) is 5.32 Å². The Kier molecular flexibility index (Phi) is 4.93. The Bertz CT molecular complexity index is 380. The maximum atomic E-state index is 9.48. The molecule has 4 heteroatoms. The molecule has 19 heavy (non-hydrogen) atoms. The first-order valence-corrected chi connectivity index (χ1v) is 6.78. The molecule has 1 aliphatic heterocycles. The highest BCUT2D eigenvalue weighted by atomic mass is 16.7. The molecule has 1 saturated heterocycles. The average molecular weight is 265 g/mol. The number of nitrogens with one attached hydrogen (secondary N) is 1. The largest absolute Gasteiger partial charge is 0.396 e. The first-order chi connectivity index (χ1) is 9.11. The van der Waals surface area contributed by atoms with Crippen LogP contribution in [-0.2, 0) is 16.0 Å². The van der Waals surface area contributed by atoms with Gasteiger partial charge < -0.3 is 19.9 Å². The van der Waals surface area contributed by atoms with E-state index in [0.29, 0.717) is 6.61 Å². The van der Waals surface area contributed by atoms with Crippen molar-refractivity contribution < 1.29 is 14.6 Å². The van der Waals surface area contributed by atoms with E-state index in [9.17, 15) is 5.11 Å². The minimum absolute atomic E-state index is 0.0386. The lowest BCUT2D eigenvalue weighted by atomic mass is 10.0. The minimum atomic E-state index is -0.530. The highest BCUT2D eigenvalue weighted by Gasteiger charge is 2.36. The predicted octanol–water partition coefficient (Wildman–Crippen LogP) is 1.54. The lowest BCUT2D eigenvalue weighted by molar-refractivity contribution is -0.146. The van der Waals surface area contributed by atoms with Crippen molar-refractivity contribution in [2.75, 3.05) is 19.8 Å². The second kappa shape index (κ2) is 6.48. The first-order valence-electron chi connectivity index (χ1n) is 6.78. The third-order valence-corrected chi connectivity index (χ3v) is 3.37. The van der Waals surface area contributed by atoms with Gasteiger partial charge in [0.25, 0.3) is 0 Å². The molecule has 0 aliphatic carbocycles. The van der Waals surface area contributed by atoms with Crippen molar-refractivity contribution in [1.29, 1.82) is 0 Å². The van der Waals surface area contributed by atoms with E-state index in [2.05, 4.69) is 17.4 Å². The van der Waals surface area contributed by atoms with Crippen LogP contribution in [-0.4, -0.2) is 36.8 Å². The van der Waals surface area contributed by atoms with E-state index in [1.807, 2.05) is 32.0 Å². The van der Waals surface area contributed by atoms with Crippen LogP contribution >= 0.6 is 0 Å². The Morgan fingerprint density at radius 2 is 2.11 bits per heavy atom. The molecule has 4 nitrogen and oxygen atoms in total. The normalized spacial score (nSPS) is 23.4. The number of ether oxygens (including phenoxy) is 2. The van der Waals surface area contributed by atoms with Crippen molar-refractivity contribution in [2.24, 2.45) is 5.92 Å². The van der Waals surface area contributed by atoms with E-state index in [0.717, 1.165) is 13.1 Å². The van der Waals surface area contributed by atoms with Crippen molar-refractivity contribution >= 4 is 0 Å². The van der Waals surface area contributed by atoms with Crippen LogP contribution in [0.15, 0.2) is 30.3 Å². The molecule has 2 rings (SSSR count). The van der Waals surface area contributed by atoms with E-state index in [1.54, 1.807) is 0 Å². The molecule has 1 heterocycles. The molecular weight excluding hydrogens is 242 g/mol. The molecule has 2 unspecified atom stereocenters. The predicted molar refractivity (Wildman–Crippen MR) is 73.6 cm³/mol. The molecule has 106 valence electrons. The summed E-state index contributed by atoms with van der Waals surface area (Å²) >= 11 is 0. The van der Waals surface area contributed by atoms with Gasteiger partial charge >= 0.3 is 0 Å². The molecule has 2 N–H and O–H groups in total. The Morgan fingerprint density at radius 1 is 1.37 bits per heavy atom. The van der Waals surface area contributed by atoms with Gasteiger partial charge in [0.15, 0.2) is 5.79 Å². The number of benzene rings is 1. The zero-order chi connectivity index (χ0) is 13.7. The maximum absolute atomic E-state index is 9.48. The molecule has 0 saturated carbocycles. The van der Waals surface area contributed by atoms with Crippen LogP contribution in [0.2, 0.25) is 0 Å². The fraction of sp³-hybridized carbons (Fsp3) is 0.600. The highest BCUT2D eigenvalue weighted by molar-refractivity contribution is 5.14. The standard InChI is InChI=1S/C15H23NO3/c1-15(2)18-11-14(19-15)13(10-17)9-16-8-12-6-4-3-5-7-12/h3-7,13-14,16-17H,8-11H2,1-2H3. The number of aliphatic hydroxyl groups is 1. The topological polar surface area (TPSA) is 50.7 Å². The van der Waals surface area contributed by atoms with Crippen LogP contribution in [0.5, 0.6) is 0 Å². The summed E-state index contributed by atoms with van der Waals surface area (Å²) in [5.41, 5.74) is 1.24. The lowest BCUT2D eigenvalue weighted by Gasteiger charge is -2.23. The Hall–Kier alpha value is -0.940. The molecule has 1 aromatic rings. The fourth-order valence-corrected chi connectivity index (χ4v) is 2.26. The molecule has 0 amide bonds. The van der Waals surface area contributed by atoms with Crippen molar-refractivity contribution in [3.05, 3.63) is 35.9 Å². The number of rotatable bonds is 6. The van der Waals surface area contributed by atoms with Crippen molar-refractivity contribution in [3.63, 3.8) is 0 Å². The Labute approximate surface area is 114 Å². The Balaban J connectivity index is 1.77. The van der Waals surface area contributed by atoms with E-state index in [1.165, 1.54) is 5.56 Å². The van der Waals surface area contributed by atoms with Gasteiger partial charge in [0.1, 0.15) is 0 Å². The summed E-state index contributed by atoms with van der Waals surface area (Å²) < 4.78 is 11.3. The van der Waals surface area contributed by atoms with Crippen LogP contribution < -0.4 is 5.32 Å². The third-order valence-electron chi connectivity index (χ3n) is 3.37. The molecule has 0 aromatic heterocycles. The zero-order valence-electron chi connectivity index (χ0n) is 11.6. The van der Waals surface area contributed by atoms with Crippen LogP contribution in [0.1, 0.15) is 19.4 Å². The highest BCUT2D eigenvalue weighted by Crippen LogP contribution is 2.26. The molecule has 1 fully saturated rings. The van der Waals surface area contributed by atoms with Gasteiger partial charge in [0.05, 0.1) is 12.7 Å². The first kappa shape index (κ1) is 14.5. The van der Waals surface area contributed by atoms with Gasteiger partial charge in [-0.2, -0.15) is 0 Å². The van der Waals surface area contributed by atoms with Crippen LogP contribution in [0, 0.1) is 5.92 Å². The monoisotopic (exact) mass is 265 g/mol. The summed E-state index contributed by atoms with van der Waals surface area (Å²) in [5, 5.41) is 12.8. The molecule has 2 atom stereocenters. The van der Waals surface area contributed by atoms with E-state index >= 15 is 0 Å². The van der Waals surface area contributed by atoms with E-state index < -0.39 is 5.79 Å². The maximum Gasteiger partial charge on any atom is 0.163 e. The molecule has 0 bridgehead atoms. The molecular formula is C15H23NO3. The number of aliphatic hydroxyl groups excluding tert-OH is 1. The smallest absolute Gasteiger partial charge is 0.163 e. The zero-order valence-corrected chi connectivity index (χ0v) is 11.6. The van der Waals surface area contributed by atoms with Gasteiger partial charge in [-0.15, -0.1) is 0 Å². The third kappa shape index (κ3) is 4.28. The molecule has 0 radical (unpaired) electrons. The summed E-state index contributed by atoms with van der Waals surface area (Å²) in [6.07, 6.45) is -0.0386. The minimum Gasteiger partial charge on any atom is -0.396 e. The van der Waals surface area contributed by atoms with Gasteiger partial charge in [0, 0.05) is 25.6 Å². The van der Waals surface area contributed by atoms with Gasteiger partial charge in [-0.05, 0) is 19.4 Å². The number of hydrogen-bond donors (Lipinski definition) is 2. The Morgan fingerprint density at radius 3 is 2.68 bits per heavy atom. The SMILES string of the molecule is CC1(C)OCC(C(CO)CNCc2ccccc2)O1. The summed E-state index contributed by atoms with van der Waals surface area (Å²) in [5.74, 6) is -0.470. The average Bonchev–Trinajstić information content (AvgIpc) is 2.76. The van der Waals surface area contributed by atoms with E-state index in [-0.39, 0.29) is 18.6 Å². The summed E-state index contributed by atoms with van der Waals surface area (Å²) in [7, 11) is 0. The summed E-state index contributed by atoms with van der Waals surface area (Å²) in [6.45, 7) is 5.97. The second-order valence-corrected chi connectivity index (χ2v) is 5.43. The van der Waals surface area contributed by atoms with Gasteiger partial charge in [0.2, 0.25) is 0 Å². The van der Waals surface area contributed by atoms with Crippen LogP contribution in [0.3, 0.4) is 0 Å². The van der Waals surface area contributed by atoms with Crippen molar-refractivity contribution in [2.45, 2.75) is 32.3 Å².